The molecule has 0 aliphatic carbocycles. The molecule has 0 amide bonds. The first-order valence-corrected chi connectivity index (χ1v) is 7.46. The van der Waals surface area contributed by atoms with Crippen LogP contribution in [0.15, 0.2) is 22.4 Å². The standard InChI is InChI=1S/C13H15N3O3S/c17-11-7-9(14-13-16(11)5-6-20-13)8-15-4-2-1-3-10(15)12(18)19/h5-7,10H,1-4,8H2,(H,18,19). The Hall–Kier alpha value is -1.73. The number of fused-ring (bicyclic) bond motifs is 1. The van der Waals surface area contributed by atoms with Crippen LogP contribution < -0.4 is 5.56 Å². The first-order chi connectivity index (χ1) is 9.65. The molecule has 3 heterocycles. The number of nitrogens with zero attached hydrogens (tertiary/aromatic N) is 3. The molecule has 7 heteroatoms. The van der Waals surface area contributed by atoms with Crippen molar-refractivity contribution >= 4 is 22.3 Å². The molecule has 1 N–H and O–H groups in total. The molecule has 2 aromatic heterocycles. The average molecular weight is 293 g/mol. The van der Waals surface area contributed by atoms with Crippen LogP contribution in [0, 0.1) is 0 Å². The monoisotopic (exact) mass is 293 g/mol. The van der Waals surface area contributed by atoms with Gasteiger partial charge in [0.1, 0.15) is 6.04 Å². The van der Waals surface area contributed by atoms with E-state index in [1.165, 1.54) is 21.8 Å². The van der Waals surface area contributed by atoms with E-state index in [1.54, 1.807) is 6.20 Å². The molecule has 1 fully saturated rings. The highest BCUT2D eigenvalue weighted by Gasteiger charge is 2.28. The molecular weight excluding hydrogens is 278 g/mol. The number of carboxylic acid groups (broad SMARTS) is 1. The fourth-order valence-corrected chi connectivity index (χ4v) is 3.38. The van der Waals surface area contributed by atoms with Crippen molar-refractivity contribution in [2.75, 3.05) is 6.54 Å². The number of aliphatic carboxylic acids is 1. The smallest absolute Gasteiger partial charge is 0.320 e. The second-order valence-electron chi connectivity index (χ2n) is 4.96. The molecule has 2 aromatic rings. The van der Waals surface area contributed by atoms with Crippen LogP contribution in [0.5, 0.6) is 0 Å². The maximum absolute atomic E-state index is 11.9. The number of piperidine rings is 1. The first kappa shape index (κ1) is 13.3. The molecule has 106 valence electrons. The highest BCUT2D eigenvalue weighted by molar-refractivity contribution is 7.15. The largest absolute Gasteiger partial charge is 0.480 e. The van der Waals surface area contributed by atoms with Crippen LogP contribution in [0.3, 0.4) is 0 Å². The van der Waals surface area contributed by atoms with Crippen LogP contribution in [-0.2, 0) is 11.3 Å². The molecule has 1 aliphatic heterocycles. The summed E-state index contributed by atoms with van der Waals surface area (Å²) >= 11 is 1.40. The Balaban J connectivity index is 1.87. The van der Waals surface area contributed by atoms with Crippen LogP contribution in [-0.4, -0.2) is 37.9 Å². The summed E-state index contributed by atoms with van der Waals surface area (Å²) < 4.78 is 1.50. The summed E-state index contributed by atoms with van der Waals surface area (Å²) in [5, 5.41) is 11.1. The lowest BCUT2D eigenvalue weighted by Crippen LogP contribution is -2.44. The first-order valence-electron chi connectivity index (χ1n) is 6.58. The van der Waals surface area contributed by atoms with Crippen LogP contribution in [0.1, 0.15) is 25.0 Å². The second-order valence-corrected chi connectivity index (χ2v) is 5.83. The van der Waals surface area contributed by atoms with E-state index in [-0.39, 0.29) is 5.56 Å². The molecule has 6 nitrogen and oxygen atoms in total. The van der Waals surface area contributed by atoms with Crippen LogP contribution in [0.4, 0.5) is 0 Å². The lowest BCUT2D eigenvalue weighted by Gasteiger charge is -2.32. The van der Waals surface area contributed by atoms with Crippen molar-refractivity contribution in [2.24, 2.45) is 0 Å². The van der Waals surface area contributed by atoms with Gasteiger partial charge in [-0.2, -0.15) is 0 Å². The van der Waals surface area contributed by atoms with Crippen molar-refractivity contribution in [2.45, 2.75) is 31.8 Å². The third kappa shape index (κ3) is 2.46. The molecule has 0 radical (unpaired) electrons. The number of likely N-dealkylation sites (tertiary alicyclic amines) is 1. The molecule has 20 heavy (non-hydrogen) atoms. The summed E-state index contributed by atoms with van der Waals surface area (Å²) in [6.45, 7) is 1.16. The quantitative estimate of drug-likeness (QED) is 0.920. The van der Waals surface area contributed by atoms with E-state index < -0.39 is 12.0 Å². The van der Waals surface area contributed by atoms with Gasteiger partial charge >= 0.3 is 5.97 Å². The van der Waals surface area contributed by atoms with E-state index in [9.17, 15) is 14.7 Å². The van der Waals surface area contributed by atoms with Gasteiger partial charge in [-0.1, -0.05) is 6.42 Å². The fraction of sp³-hybridized carbons (Fsp3) is 0.462. The molecule has 1 atom stereocenters. The Morgan fingerprint density at radius 3 is 3.15 bits per heavy atom. The molecule has 0 bridgehead atoms. The lowest BCUT2D eigenvalue weighted by molar-refractivity contribution is -0.144. The maximum atomic E-state index is 11.9. The normalized spacial score (nSPS) is 20.3. The maximum Gasteiger partial charge on any atom is 0.320 e. The lowest BCUT2D eigenvalue weighted by atomic mass is 10.0. The van der Waals surface area contributed by atoms with Crippen LogP contribution in [0.2, 0.25) is 0 Å². The fourth-order valence-electron chi connectivity index (χ4n) is 2.64. The highest BCUT2D eigenvalue weighted by atomic mass is 32.1. The van der Waals surface area contributed by atoms with E-state index in [0.717, 1.165) is 19.4 Å². The van der Waals surface area contributed by atoms with E-state index in [0.29, 0.717) is 23.6 Å². The number of thiazole rings is 1. The number of hydrogen-bond acceptors (Lipinski definition) is 5. The minimum absolute atomic E-state index is 0.116. The number of carbonyl (C=O) groups is 1. The third-order valence-corrected chi connectivity index (χ3v) is 4.38. The summed E-state index contributed by atoms with van der Waals surface area (Å²) in [4.78, 5) is 30.2. The Kier molecular flexibility index (Phi) is 3.54. The van der Waals surface area contributed by atoms with Crippen molar-refractivity contribution in [3.8, 4) is 0 Å². The van der Waals surface area contributed by atoms with Gasteiger partial charge in [0.05, 0.1) is 5.69 Å². The van der Waals surface area contributed by atoms with Crippen molar-refractivity contribution < 1.29 is 9.90 Å². The molecule has 0 spiro atoms. The highest BCUT2D eigenvalue weighted by Crippen LogP contribution is 2.19. The molecular formula is C13H15N3O3S. The van der Waals surface area contributed by atoms with Gasteiger partial charge in [0.25, 0.3) is 5.56 Å². The zero-order valence-corrected chi connectivity index (χ0v) is 11.7. The second kappa shape index (κ2) is 5.34. The molecule has 1 saturated heterocycles. The van der Waals surface area contributed by atoms with Gasteiger partial charge in [-0.3, -0.25) is 18.9 Å². The van der Waals surface area contributed by atoms with Gasteiger partial charge < -0.3 is 5.11 Å². The van der Waals surface area contributed by atoms with Gasteiger partial charge in [-0.25, -0.2) is 4.98 Å². The van der Waals surface area contributed by atoms with Gasteiger partial charge in [0.2, 0.25) is 0 Å². The van der Waals surface area contributed by atoms with E-state index in [1.807, 2.05) is 10.3 Å². The molecule has 3 rings (SSSR count). The van der Waals surface area contributed by atoms with Crippen molar-refractivity contribution in [1.82, 2.24) is 14.3 Å². The third-order valence-electron chi connectivity index (χ3n) is 3.62. The van der Waals surface area contributed by atoms with Crippen molar-refractivity contribution in [1.29, 1.82) is 0 Å². The summed E-state index contributed by atoms with van der Waals surface area (Å²) in [5.41, 5.74) is 0.528. The van der Waals surface area contributed by atoms with Gasteiger partial charge in [0.15, 0.2) is 4.96 Å². The molecule has 0 aromatic carbocycles. The number of hydrogen-bond donors (Lipinski definition) is 1. The molecule has 0 saturated carbocycles. The Bertz CT molecular complexity index is 693. The number of rotatable bonds is 3. The summed E-state index contributed by atoms with van der Waals surface area (Å²) in [6, 6.07) is 1.03. The Morgan fingerprint density at radius 2 is 2.35 bits per heavy atom. The Labute approximate surface area is 119 Å². The average Bonchev–Trinajstić information content (AvgIpc) is 2.88. The molecule has 1 unspecified atom stereocenters. The topological polar surface area (TPSA) is 74.9 Å². The Morgan fingerprint density at radius 1 is 1.50 bits per heavy atom. The van der Waals surface area contributed by atoms with Gasteiger partial charge in [0, 0.05) is 24.2 Å². The number of aromatic nitrogens is 2. The summed E-state index contributed by atoms with van der Waals surface area (Å²) in [7, 11) is 0. The minimum atomic E-state index is -0.793. The van der Waals surface area contributed by atoms with Crippen molar-refractivity contribution in [3.05, 3.63) is 33.7 Å². The predicted molar refractivity (Wildman–Crippen MR) is 75.0 cm³/mol. The zero-order chi connectivity index (χ0) is 14.1. The van der Waals surface area contributed by atoms with E-state index >= 15 is 0 Å². The van der Waals surface area contributed by atoms with E-state index in [4.69, 9.17) is 0 Å². The van der Waals surface area contributed by atoms with E-state index in [2.05, 4.69) is 4.98 Å². The summed E-state index contributed by atoms with van der Waals surface area (Å²) in [5.74, 6) is -0.793. The molecule has 1 aliphatic rings. The van der Waals surface area contributed by atoms with Crippen molar-refractivity contribution in [3.63, 3.8) is 0 Å². The van der Waals surface area contributed by atoms with Gasteiger partial charge in [-0.15, -0.1) is 11.3 Å². The zero-order valence-electron chi connectivity index (χ0n) is 10.9. The van der Waals surface area contributed by atoms with Gasteiger partial charge in [-0.05, 0) is 19.4 Å². The SMILES string of the molecule is O=C(O)C1CCCCN1Cc1cc(=O)n2ccsc2n1. The van der Waals surface area contributed by atoms with Crippen LogP contribution >= 0.6 is 11.3 Å². The number of carboxylic acids is 1. The van der Waals surface area contributed by atoms with Crippen LogP contribution in [0.25, 0.3) is 4.96 Å². The minimum Gasteiger partial charge on any atom is -0.480 e. The predicted octanol–water partition coefficient (Wildman–Crippen LogP) is 1.20. The summed E-state index contributed by atoms with van der Waals surface area (Å²) in [6.07, 6.45) is 4.28.